The fraction of sp³-hybridized carbons (Fsp3) is 1.00. The van der Waals surface area contributed by atoms with Crippen molar-refractivity contribution in [1.29, 1.82) is 0 Å². The Morgan fingerprint density at radius 3 is 1.42 bits per heavy atom. The minimum Gasteiger partial charge on any atom is -0.242 e. The third kappa shape index (κ3) is 8.56. The molecule has 0 saturated carbocycles. The van der Waals surface area contributed by atoms with E-state index in [1.54, 1.807) is 0 Å². The molecule has 1 rings (SSSR count). The fourth-order valence-electron chi connectivity index (χ4n) is 1.92. The summed E-state index contributed by atoms with van der Waals surface area (Å²) in [5.41, 5.74) is 0. The molecular weight excluding hydrogens is 244 g/mol. The maximum Gasteiger partial charge on any atom is 0.305 e. The maximum absolute atomic E-state index is 13.4. The van der Waals surface area contributed by atoms with Crippen LogP contribution in [0.2, 0.25) is 0 Å². The van der Waals surface area contributed by atoms with Gasteiger partial charge in [-0.25, -0.2) is 4.90 Å². The van der Waals surface area contributed by atoms with Crippen molar-refractivity contribution in [2.45, 2.75) is 87.7 Å². The summed E-state index contributed by atoms with van der Waals surface area (Å²) >= 11 is 0. The molecule has 0 aliphatic carbocycles. The molecule has 0 aromatic carbocycles. The highest BCUT2D eigenvalue weighted by Gasteiger charge is 2.48. The van der Waals surface area contributed by atoms with Crippen molar-refractivity contribution >= 4 is 0 Å². The Labute approximate surface area is 120 Å². The van der Waals surface area contributed by atoms with Crippen molar-refractivity contribution < 1.29 is 8.78 Å². The van der Waals surface area contributed by atoms with Gasteiger partial charge in [0.25, 0.3) is 0 Å². The lowest BCUT2D eigenvalue weighted by atomic mass is 9.95. The van der Waals surface area contributed by atoms with E-state index >= 15 is 0 Å². The molecule has 1 atom stereocenters. The first-order valence-electron chi connectivity index (χ1n) is 7.99. The van der Waals surface area contributed by atoms with Crippen LogP contribution in [0.1, 0.15) is 75.7 Å². The van der Waals surface area contributed by atoms with Crippen molar-refractivity contribution in [3.05, 3.63) is 0 Å². The summed E-state index contributed by atoms with van der Waals surface area (Å²) in [6.07, 6.45) is 0.0306. The standard InChI is InChI=1S/C10H19F2N.3C2H6/c1-7(2)9-5-10(11,12)13(6-9)8(3)4;3*1-2/h7-9H,5-6H2,1-4H3;3*1-2H3. The molecule has 0 amide bonds. The lowest BCUT2D eigenvalue weighted by Crippen LogP contribution is -2.40. The molecule has 1 fully saturated rings. The van der Waals surface area contributed by atoms with Gasteiger partial charge in [0.1, 0.15) is 0 Å². The quantitative estimate of drug-likeness (QED) is 0.557. The number of likely N-dealkylation sites (tertiary alicyclic amines) is 1. The van der Waals surface area contributed by atoms with Crippen LogP contribution in [0, 0.1) is 11.8 Å². The van der Waals surface area contributed by atoms with E-state index in [4.69, 9.17) is 0 Å². The molecule has 0 spiro atoms. The monoisotopic (exact) mass is 281 g/mol. The highest BCUT2D eigenvalue weighted by molar-refractivity contribution is 4.87. The van der Waals surface area contributed by atoms with Crippen LogP contribution in [-0.4, -0.2) is 23.5 Å². The normalized spacial score (nSPS) is 20.8. The van der Waals surface area contributed by atoms with Gasteiger partial charge in [0.2, 0.25) is 0 Å². The molecule has 3 heteroatoms. The molecule has 1 unspecified atom stereocenters. The average Bonchev–Trinajstić information content (AvgIpc) is 2.73. The summed E-state index contributed by atoms with van der Waals surface area (Å²) in [6, 6.07) is -2.64. The van der Waals surface area contributed by atoms with E-state index in [0.717, 1.165) is 0 Å². The molecule has 0 radical (unpaired) electrons. The highest BCUT2D eigenvalue weighted by Crippen LogP contribution is 2.40. The molecule has 1 saturated heterocycles. The Hall–Kier alpha value is -0.180. The largest absolute Gasteiger partial charge is 0.305 e. The first kappa shape index (κ1) is 23.9. The van der Waals surface area contributed by atoms with Crippen LogP contribution < -0.4 is 0 Å². The summed E-state index contributed by atoms with van der Waals surface area (Å²) < 4.78 is 26.8. The van der Waals surface area contributed by atoms with E-state index in [0.29, 0.717) is 12.5 Å². The Kier molecular flexibility index (Phi) is 16.1. The van der Waals surface area contributed by atoms with Gasteiger partial charge in [-0.05, 0) is 25.7 Å². The number of rotatable bonds is 2. The van der Waals surface area contributed by atoms with Crippen LogP contribution in [0.15, 0.2) is 0 Å². The third-order valence-electron chi connectivity index (χ3n) is 2.93. The highest BCUT2D eigenvalue weighted by atomic mass is 19.3. The predicted octanol–water partition coefficient (Wildman–Crippen LogP) is 6.04. The zero-order valence-electron chi connectivity index (χ0n) is 14.8. The topological polar surface area (TPSA) is 3.24 Å². The molecule has 1 aliphatic rings. The van der Waals surface area contributed by atoms with Crippen LogP contribution in [0.4, 0.5) is 8.78 Å². The lowest BCUT2D eigenvalue weighted by molar-refractivity contribution is -0.132. The molecule has 120 valence electrons. The first-order valence-corrected chi connectivity index (χ1v) is 7.99. The van der Waals surface area contributed by atoms with Gasteiger partial charge in [-0.1, -0.05) is 55.4 Å². The van der Waals surface area contributed by atoms with Gasteiger partial charge in [0.05, 0.1) is 0 Å². The zero-order chi connectivity index (χ0) is 16.2. The molecule has 0 N–H and O–H groups in total. The molecule has 1 aliphatic heterocycles. The van der Waals surface area contributed by atoms with E-state index in [2.05, 4.69) is 0 Å². The number of hydrogen-bond acceptors (Lipinski definition) is 1. The van der Waals surface area contributed by atoms with Crippen LogP contribution in [0.25, 0.3) is 0 Å². The Morgan fingerprint density at radius 2 is 1.26 bits per heavy atom. The van der Waals surface area contributed by atoms with Crippen molar-refractivity contribution in [2.75, 3.05) is 6.54 Å². The fourth-order valence-corrected chi connectivity index (χ4v) is 1.92. The van der Waals surface area contributed by atoms with E-state index in [-0.39, 0.29) is 18.4 Å². The molecule has 19 heavy (non-hydrogen) atoms. The molecule has 1 nitrogen and oxygen atoms in total. The minimum atomic E-state index is -2.58. The van der Waals surface area contributed by atoms with E-state index < -0.39 is 6.05 Å². The Balaban J connectivity index is -0.000000375. The second kappa shape index (κ2) is 12.8. The van der Waals surface area contributed by atoms with E-state index in [1.165, 1.54) is 4.90 Å². The van der Waals surface area contributed by atoms with Gasteiger partial charge in [-0.2, -0.15) is 8.78 Å². The van der Waals surface area contributed by atoms with E-state index in [1.807, 2.05) is 69.2 Å². The van der Waals surface area contributed by atoms with Crippen LogP contribution in [0.5, 0.6) is 0 Å². The SMILES string of the molecule is CC.CC.CC.CC(C)C1CN(C(C)C)C(F)(F)C1. The van der Waals surface area contributed by atoms with Gasteiger partial charge < -0.3 is 0 Å². The first-order chi connectivity index (χ1) is 8.84. The van der Waals surface area contributed by atoms with Gasteiger partial charge in [0, 0.05) is 19.0 Å². The van der Waals surface area contributed by atoms with Crippen LogP contribution in [0.3, 0.4) is 0 Å². The minimum absolute atomic E-state index is 0.0306. The third-order valence-corrected chi connectivity index (χ3v) is 2.93. The van der Waals surface area contributed by atoms with Crippen molar-refractivity contribution in [2.24, 2.45) is 11.8 Å². The number of alkyl halides is 2. The summed E-state index contributed by atoms with van der Waals surface area (Å²) in [5.74, 6) is 0.507. The van der Waals surface area contributed by atoms with Gasteiger partial charge >= 0.3 is 6.05 Å². The second-order valence-corrected chi connectivity index (χ2v) is 4.62. The van der Waals surface area contributed by atoms with E-state index in [9.17, 15) is 8.78 Å². The second-order valence-electron chi connectivity index (χ2n) is 4.62. The number of nitrogens with zero attached hydrogens (tertiary/aromatic N) is 1. The summed E-state index contributed by atoms with van der Waals surface area (Å²) in [7, 11) is 0. The van der Waals surface area contributed by atoms with Crippen molar-refractivity contribution in [3.63, 3.8) is 0 Å². The smallest absolute Gasteiger partial charge is 0.242 e. The van der Waals surface area contributed by atoms with Gasteiger partial charge in [-0.3, -0.25) is 0 Å². The Bertz CT molecular complexity index is 180. The molecule has 0 aromatic heterocycles. The summed E-state index contributed by atoms with van der Waals surface area (Å²) in [6.45, 7) is 20.2. The predicted molar refractivity (Wildman–Crippen MR) is 83.8 cm³/mol. The number of hydrogen-bond donors (Lipinski definition) is 0. The molecular formula is C16H37F2N. The summed E-state index contributed by atoms with van der Waals surface area (Å²) in [5, 5.41) is 0. The average molecular weight is 281 g/mol. The molecule has 0 bridgehead atoms. The maximum atomic E-state index is 13.4. The van der Waals surface area contributed by atoms with Gasteiger partial charge in [-0.15, -0.1) is 0 Å². The Morgan fingerprint density at radius 1 is 0.895 bits per heavy atom. The number of halogens is 2. The van der Waals surface area contributed by atoms with Crippen LogP contribution >= 0.6 is 0 Å². The molecule has 0 aromatic rings. The summed E-state index contributed by atoms with van der Waals surface area (Å²) in [4.78, 5) is 1.32. The van der Waals surface area contributed by atoms with Crippen LogP contribution in [-0.2, 0) is 0 Å². The zero-order valence-corrected chi connectivity index (χ0v) is 14.8. The van der Waals surface area contributed by atoms with Crippen molar-refractivity contribution in [1.82, 2.24) is 4.90 Å². The van der Waals surface area contributed by atoms with Gasteiger partial charge in [0.15, 0.2) is 0 Å². The molecule has 1 heterocycles. The lowest BCUT2D eigenvalue weighted by Gasteiger charge is -2.27. The van der Waals surface area contributed by atoms with Crippen molar-refractivity contribution in [3.8, 4) is 0 Å².